The number of benzene rings is 2. The summed E-state index contributed by atoms with van der Waals surface area (Å²) in [5.41, 5.74) is 2.11. The molecular weight excluding hydrogens is 340 g/mol. The van der Waals surface area contributed by atoms with Gasteiger partial charge in [-0.25, -0.2) is 0 Å². The zero-order chi connectivity index (χ0) is 19.2. The lowest BCUT2D eigenvalue weighted by atomic mass is 9.94. The molecule has 1 fully saturated rings. The Labute approximate surface area is 161 Å². The third-order valence-corrected chi connectivity index (χ3v) is 5.21. The first-order valence-electron chi connectivity index (χ1n) is 9.41. The zero-order valence-corrected chi connectivity index (χ0v) is 16.3. The van der Waals surface area contributed by atoms with Crippen LogP contribution in [0.15, 0.2) is 48.5 Å². The molecular formula is C22H28N2O3. The van der Waals surface area contributed by atoms with Crippen molar-refractivity contribution in [1.29, 1.82) is 0 Å². The van der Waals surface area contributed by atoms with Gasteiger partial charge < -0.3 is 19.7 Å². The molecule has 2 unspecified atom stereocenters. The molecule has 1 amide bonds. The van der Waals surface area contributed by atoms with Gasteiger partial charge >= 0.3 is 0 Å². The lowest BCUT2D eigenvalue weighted by Gasteiger charge is -2.37. The van der Waals surface area contributed by atoms with Crippen molar-refractivity contribution in [2.45, 2.75) is 25.3 Å². The minimum atomic E-state index is -0.0210. The molecule has 2 atom stereocenters. The third kappa shape index (κ3) is 4.25. The summed E-state index contributed by atoms with van der Waals surface area (Å²) < 4.78 is 11.0. The van der Waals surface area contributed by atoms with Gasteiger partial charge in [0.05, 0.1) is 20.3 Å². The Morgan fingerprint density at radius 3 is 2.52 bits per heavy atom. The highest BCUT2D eigenvalue weighted by atomic mass is 16.5. The molecule has 0 aromatic heterocycles. The van der Waals surface area contributed by atoms with Crippen molar-refractivity contribution in [3.63, 3.8) is 0 Å². The molecule has 144 valence electrons. The van der Waals surface area contributed by atoms with Gasteiger partial charge in [-0.2, -0.15) is 0 Å². The van der Waals surface area contributed by atoms with Gasteiger partial charge in [-0.3, -0.25) is 4.79 Å². The van der Waals surface area contributed by atoms with Crippen molar-refractivity contribution in [3.8, 4) is 11.5 Å². The minimum absolute atomic E-state index is 0.0210. The fourth-order valence-corrected chi connectivity index (χ4v) is 3.79. The number of hydrogen-bond acceptors (Lipinski definition) is 4. The minimum Gasteiger partial charge on any atom is -0.496 e. The summed E-state index contributed by atoms with van der Waals surface area (Å²) in [4.78, 5) is 15.2. The maximum absolute atomic E-state index is 13.2. The lowest BCUT2D eigenvalue weighted by Crippen LogP contribution is -2.49. The van der Waals surface area contributed by atoms with Gasteiger partial charge in [0.25, 0.3) is 0 Å². The SMILES string of the molecule is COc1ccccc1C(C)CC(=O)N1CCNCC1c1ccccc1OC. The summed E-state index contributed by atoms with van der Waals surface area (Å²) in [7, 11) is 3.34. The Morgan fingerprint density at radius 1 is 1.11 bits per heavy atom. The Hall–Kier alpha value is -2.53. The molecule has 1 aliphatic rings. The van der Waals surface area contributed by atoms with E-state index in [1.54, 1.807) is 14.2 Å². The van der Waals surface area contributed by atoms with E-state index in [0.717, 1.165) is 35.7 Å². The normalized spacial score (nSPS) is 18.0. The Bertz CT molecular complexity index is 778. The van der Waals surface area contributed by atoms with Crippen molar-refractivity contribution >= 4 is 5.91 Å². The van der Waals surface area contributed by atoms with Crippen LogP contribution in [0.25, 0.3) is 0 Å². The summed E-state index contributed by atoms with van der Waals surface area (Å²) in [6.07, 6.45) is 0.450. The number of rotatable bonds is 6. The van der Waals surface area contributed by atoms with Gasteiger partial charge in [0.2, 0.25) is 5.91 Å². The van der Waals surface area contributed by atoms with Gasteiger partial charge in [0.1, 0.15) is 11.5 Å². The summed E-state index contributed by atoms with van der Waals surface area (Å²) in [5, 5.41) is 3.40. The Balaban J connectivity index is 1.79. The van der Waals surface area contributed by atoms with Crippen LogP contribution in [0, 0.1) is 0 Å². The fourth-order valence-electron chi connectivity index (χ4n) is 3.79. The molecule has 0 saturated carbocycles. The monoisotopic (exact) mass is 368 g/mol. The quantitative estimate of drug-likeness (QED) is 0.849. The van der Waals surface area contributed by atoms with Crippen molar-refractivity contribution in [2.24, 2.45) is 0 Å². The molecule has 5 nitrogen and oxygen atoms in total. The van der Waals surface area contributed by atoms with Gasteiger partial charge in [-0.1, -0.05) is 43.3 Å². The highest BCUT2D eigenvalue weighted by molar-refractivity contribution is 5.78. The molecule has 5 heteroatoms. The van der Waals surface area contributed by atoms with Crippen molar-refractivity contribution in [3.05, 3.63) is 59.7 Å². The van der Waals surface area contributed by atoms with Crippen LogP contribution in [-0.4, -0.2) is 44.7 Å². The van der Waals surface area contributed by atoms with E-state index < -0.39 is 0 Å². The first-order valence-corrected chi connectivity index (χ1v) is 9.41. The van der Waals surface area contributed by atoms with Crippen LogP contribution in [0.1, 0.15) is 36.4 Å². The second kappa shape index (κ2) is 8.91. The number of nitrogens with one attached hydrogen (secondary N) is 1. The predicted octanol–water partition coefficient (Wildman–Crippen LogP) is 3.37. The average molecular weight is 368 g/mol. The van der Waals surface area contributed by atoms with E-state index in [1.165, 1.54) is 0 Å². The molecule has 2 aromatic rings. The smallest absolute Gasteiger partial charge is 0.223 e. The van der Waals surface area contributed by atoms with Crippen LogP contribution in [0.4, 0.5) is 0 Å². The van der Waals surface area contributed by atoms with Crippen molar-refractivity contribution in [2.75, 3.05) is 33.9 Å². The van der Waals surface area contributed by atoms with Crippen LogP contribution in [-0.2, 0) is 4.79 Å². The molecule has 1 heterocycles. The maximum Gasteiger partial charge on any atom is 0.223 e. The molecule has 1 saturated heterocycles. The van der Waals surface area contributed by atoms with Gasteiger partial charge in [-0.15, -0.1) is 0 Å². The second-order valence-electron chi connectivity index (χ2n) is 6.90. The Morgan fingerprint density at radius 2 is 1.78 bits per heavy atom. The molecule has 1 aliphatic heterocycles. The predicted molar refractivity (Wildman–Crippen MR) is 106 cm³/mol. The fraction of sp³-hybridized carbons (Fsp3) is 0.409. The second-order valence-corrected chi connectivity index (χ2v) is 6.90. The van der Waals surface area contributed by atoms with Gasteiger partial charge in [0, 0.05) is 31.6 Å². The number of para-hydroxylation sites is 2. The number of hydrogen-bond donors (Lipinski definition) is 1. The number of carbonyl (C=O) groups is 1. The van der Waals surface area contributed by atoms with Crippen LogP contribution in [0.5, 0.6) is 11.5 Å². The van der Waals surface area contributed by atoms with Gasteiger partial charge in [0.15, 0.2) is 0 Å². The molecule has 0 bridgehead atoms. The topological polar surface area (TPSA) is 50.8 Å². The van der Waals surface area contributed by atoms with Gasteiger partial charge in [-0.05, 0) is 23.6 Å². The number of methoxy groups -OCH3 is 2. The number of nitrogens with zero attached hydrogens (tertiary/aromatic N) is 1. The van der Waals surface area contributed by atoms with E-state index in [0.29, 0.717) is 13.0 Å². The highest BCUT2D eigenvalue weighted by Gasteiger charge is 2.30. The van der Waals surface area contributed by atoms with E-state index in [4.69, 9.17) is 9.47 Å². The third-order valence-electron chi connectivity index (χ3n) is 5.21. The molecule has 0 radical (unpaired) electrons. The largest absolute Gasteiger partial charge is 0.496 e. The van der Waals surface area contributed by atoms with E-state index in [1.807, 2.05) is 53.4 Å². The van der Waals surface area contributed by atoms with E-state index in [-0.39, 0.29) is 17.9 Å². The average Bonchev–Trinajstić information content (AvgIpc) is 2.73. The van der Waals surface area contributed by atoms with E-state index in [2.05, 4.69) is 12.2 Å². The molecule has 0 aliphatic carbocycles. The molecule has 0 spiro atoms. The van der Waals surface area contributed by atoms with Crippen molar-refractivity contribution < 1.29 is 14.3 Å². The Kier molecular flexibility index (Phi) is 6.35. The van der Waals surface area contributed by atoms with Crippen LogP contribution in [0.2, 0.25) is 0 Å². The number of ether oxygens (including phenoxy) is 2. The van der Waals surface area contributed by atoms with Crippen LogP contribution >= 0.6 is 0 Å². The van der Waals surface area contributed by atoms with Crippen LogP contribution in [0.3, 0.4) is 0 Å². The zero-order valence-electron chi connectivity index (χ0n) is 16.3. The molecule has 2 aromatic carbocycles. The van der Waals surface area contributed by atoms with E-state index in [9.17, 15) is 4.79 Å². The summed E-state index contributed by atoms with van der Waals surface area (Å²) in [6, 6.07) is 15.8. The first kappa shape index (κ1) is 19.2. The molecule has 27 heavy (non-hydrogen) atoms. The van der Waals surface area contributed by atoms with E-state index >= 15 is 0 Å². The molecule has 1 N–H and O–H groups in total. The lowest BCUT2D eigenvalue weighted by molar-refractivity contribution is -0.134. The first-order chi connectivity index (χ1) is 13.2. The maximum atomic E-state index is 13.2. The van der Waals surface area contributed by atoms with Crippen LogP contribution < -0.4 is 14.8 Å². The summed E-state index contributed by atoms with van der Waals surface area (Å²) in [6.45, 7) is 4.31. The van der Waals surface area contributed by atoms with Crippen molar-refractivity contribution in [1.82, 2.24) is 10.2 Å². The highest BCUT2D eigenvalue weighted by Crippen LogP contribution is 2.33. The number of piperazine rings is 1. The molecule has 3 rings (SSSR count). The summed E-state index contributed by atoms with van der Waals surface area (Å²) in [5.74, 6) is 1.90. The standard InChI is InChI=1S/C22H28N2O3/c1-16(17-8-4-6-10-20(17)26-2)14-22(25)24-13-12-23-15-19(24)18-9-5-7-11-21(18)27-3/h4-11,16,19,23H,12-15H2,1-3H3. The number of amides is 1. The number of carbonyl (C=O) groups excluding carboxylic acids is 1. The summed E-state index contributed by atoms with van der Waals surface area (Å²) >= 11 is 0.